The fourth-order valence-electron chi connectivity index (χ4n) is 3.23. The quantitative estimate of drug-likeness (QED) is 0.714. The van der Waals surface area contributed by atoms with Gasteiger partial charge in [-0.1, -0.05) is 0 Å². The first kappa shape index (κ1) is 17.2. The molecule has 2 aromatic rings. The van der Waals surface area contributed by atoms with E-state index in [2.05, 4.69) is 0 Å². The number of aromatic nitrogens is 1. The van der Waals surface area contributed by atoms with Crippen LogP contribution in [-0.2, 0) is 27.9 Å². The molecule has 1 aliphatic heterocycles. The van der Waals surface area contributed by atoms with Crippen LogP contribution in [0.3, 0.4) is 0 Å². The van der Waals surface area contributed by atoms with Crippen molar-refractivity contribution in [2.75, 3.05) is 6.61 Å². The van der Waals surface area contributed by atoms with Crippen molar-refractivity contribution in [1.82, 2.24) is 4.57 Å². The Morgan fingerprint density at radius 3 is 2.75 bits per heavy atom. The minimum absolute atomic E-state index is 0. The molecular weight excluding hydrogens is 411 g/mol. The second-order valence-corrected chi connectivity index (χ2v) is 6.36. The van der Waals surface area contributed by atoms with Gasteiger partial charge in [-0.05, 0) is 25.8 Å². The Labute approximate surface area is 151 Å². The molecule has 131 valence electrons. The summed E-state index contributed by atoms with van der Waals surface area (Å²) in [5.74, 6) is -1.68. The summed E-state index contributed by atoms with van der Waals surface area (Å²) >= 11 is 0. The Morgan fingerprint density at radius 2 is 2.17 bits per heavy atom. The molecule has 0 saturated heterocycles. The first-order chi connectivity index (χ1) is 10.8. The number of pyridine rings is 1. The summed E-state index contributed by atoms with van der Waals surface area (Å²) in [6.07, 6.45) is 2.61. The molecule has 0 amide bonds. The summed E-state index contributed by atoms with van der Waals surface area (Å²) in [6, 6.07) is 0.920. The largest absolute Gasteiger partial charge is 0.489 e. The molecular formula is C16H15AgFN2O4. The van der Waals surface area contributed by atoms with Crippen LogP contribution in [0.15, 0.2) is 17.1 Å². The molecule has 6 nitrogen and oxygen atoms in total. The van der Waals surface area contributed by atoms with Crippen LogP contribution in [0.25, 0.3) is 10.9 Å². The Morgan fingerprint density at radius 1 is 1.50 bits per heavy atom. The smallest absolute Gasteiger partial charge is 0.341 e. The normalized spacial score (nSPS) is 20.2. The molecule has 1 aromatic carbocycles. The van der Waals surface area contributed by atoms with Crippen LogP contribution in [0.1, 0.15) is 41.7 Å². The maximum atomic E-state index is 14.6. The molecule has 2 aliphatic rings. The fourth-order valence-corrected chi connectivity index (χ4v) is 3.23. The average molecular weight is 426 g/mol. The number of carboxylic acids is 1. The molecule has 0 bridgehead atoms. The second-order valence-electron chi connectivity index (χ2n) is 6.36. The SMILES string of the molecule is C[C@H]1COc2c(C3(N)CC3)c(F)cc3c(=O)c(C(=O)O)cn1c23.[Ag]. The molecule has 1 radical (unpaired) electrons. The van der Waals surface area contributed by atoms with Crippen molar-refractivity contribution in [2.24, 2.45) is 5.73 Å². The van der Waals surface area contributed by atoms with Gasteiger partial charge in [0.2, 0.25) is 5.43 Å². The molecule has 1 aliphatic carbocycles. The number of carboxylic acid groups (broad SMARTS) is 1. The maximum Gasteiger partial charge on any atom is 0.341 e. The van der Waals surface area contributed by atoms with Crippen LogP contribution >= 0.6 is 0 Å². The van der Waals surface area contributed by atoms with Gasteiger partial charge in [0.15, 0.2) is 5.75 Å². The van der Waals surface area contributed by atoms with E-state index in [9.17, 15) is 19.1 Å². The molecule has 1 fully saturated rings. The van der Waals surface area contributed by atoms with Crippen molar-refractivity contribution >= 4 is 16.9 Å². The topological polar surface area (TPSA) is 94.6 Å². The molecule has 2 heterocycles. The number of aromatic carboxylic acids is 1. The number of nitrogens with zero attached hydrogens (tertiary/aromatic N) is 1. The minimum Gasteiger partial charge on any atom is -0.489 e. The van der Waals surface area contributed by atoms with Crippen LogP contribution in [-0.4, -0.2) is 22.2 Å². The number of rotatable bonds is 2. The molecule has 8 heteroatoms. The summed E-state index contributed by atoms with van der Waals surface area (Å²) in [5.41, 5.74) is 5.02. The van der Waals surface area contributed by atoms with Crippen molar-refractivity contribution in [3.05, 3.63) is 39.4 Å². The number of carbonyl (C=O) groups is 1. The van der Waals surface area contributed by atoms with Gasteiger partial charge >= 0.3 is 5.97 Å². The summed E-state index contributed by atoms with van der Waals surface area (Å²) in [4.78, 5) is 23.7. The predicted octanol–water partition coefficient (Wildman–Crippen LogP) is 1.74. The molecule has 0 spiro atoms. The molecule has 24 heavy (non-hydrogen) atoms. The monoisotopic (exact) mass is 425 g/mol. The van der Waals surface area contributed by atoms with Gasteiger partial charge in [-0.3, -0.25) is 4.79 Å². The van der Waals surface area contributed by atoms with E-state index in [1.54, 1.807) is 4.57 Å². The molecule has 1 saturated carbocycles. The number of hydrogen-bond donors (Lipinski definition) is 2. The van der Waals surface area contributed by atoms with Crippen molar-refractivity contribution < 1.29 is 41.4 Å². The van der Waals surface area contributed by atoms with Crippen LogP contribution in [0.5, 0.6) is 5.75 Å². The Balaban J connectivity index is 0.00000169. The molecule has 3 N–H and O–H groups in total. The van der Waals surface area contributed by atoms with Crippen molar-refractivity contribution in [3.63, 3.8) is 0 Å². The van der Waals surface area contributed by atoms with Crippen LogP contribution < -0.4 is 15.9 Å². The van der Waals surface area contributed by atoms with Crippen LogP contribution in [0.2, 0.25) is 0 Å². The third-order valence-corrected chi connectivity index (χ3v) is 4.68. The minimum atomic E-state index is -1.33. The van der Waals surface area contributed by atoms with Crippen molar-refractivity contribution in [2.45, 2.75) is 31.3 Å². The van der Waals surface area contributed by atoms with E-state index < -0.39 is 22.8 Å². The third kappa shape index (κ3) is 2.23. The number of benzene rings is 1. The second kappa shape index (κ2) is 5.42. The molecule has 4 rings (SSSR count). The van der Waals surface area contributed by atoms with Gasteiger partial charge in [0.1, 0.15) is 18.0 Å². The molecule has 0 unspecified atom stereocenters. The average Bonchev–Trinajstić information content (AvgIpc) is 3.22. The first-order valence-corrected chi connectivity index (χ1v) is 7.40. The summed E-state index contributed by atoms with van der Waals surface area (Å²) < 4.78 is 22.0. The van der Waals surface area contributed by atoms with Gasteiger partial charge in [-0.15, -0.1) is 0 Å². The summed E-state index contributed by atoms with van der Waals surface area (Å²) in [5, 5.41) is 9.23. The van der Waals surface area contributed by atoms with Crippen molar-refractivity contribution in [1.29, 1.82) is 0 Å². The van der Waals surface area contributed by atoms with E-state index >= 15 is 0 Å². The van der Waals surface area contributed by atoms with E-state index in [0.29, 0.717) is 18.4 Å². The van der Waals surface area contributed by atoms with E-state index in [0.717, 1.165) is 6.07 Å². The number of ether oxygens (including phenoxy) is 1. The number of halogens is 1. The molecule has 1 atom stereocenters. The van der Waals surface area contributed by atoms with Gasteiger partial charge < -0.3 is 20.1 Å². The van der Waals surface area contributed by atoms with Gasteiger partial charge in [-0.25, -0.2) is 9.18 Å². The van der Waals surface area contributed by atoms with Gasteiger partial charge in [-0.2, -0.15) is 0 Å². The summed E-state index contributed by atoms with van der Waals surface area (Å²) in [6.45, 7) is 2.10. The van der Waals surface area contributed by atoms with E-state index in [1.165, 1.54) is 6.20 Å². The first-order valence-electron chi connectivity index (χ1n) is 7.40. The zero-order valence-corrected chi connectivity index (χ0v) is 14.2. The zero-order chi connectivity index (χ0) is 16.5. The predicted molar refractivity (Wildman–Crippen MR) is 80.4 cm³/mol. The summed E-state index contributed by atoms with van der Waals surface area (Å²) in [7, 11) is 0. The zero-order valence-electron chi connectivity index (χ0n) is 12.7. The van der Waals surface area contributed by atoms with Crippen LogP contribution in [0.4, 0.5) is 4.39 Å². The van der Waals surface area contributed by atoms with E-state index in [4.69, 9.17) is 10.5 Å². The fraction of sp³-hybridized carbons (Fsp3) is 0.375. The Hall–Kier alpha value is -1.67. The Bertz CT molecular complexity index is 936. The van der Waals surface area contributed by atoms with E-state index in [-0.39, 0.29) is 57.3 Å². The number of hydrogen-bond acceptors (Lipinski definition) is 4. The number of nitrogens with two attached hydrogens (primary N) is 1. The maximum absolute atomic E-state index is 14.6. The standard InChI is InChI=1S/C16H15FN2O4.Ag/c1-7-6-23-14-11(16(18)2-3-16)10(17)4-8-12(14)19(7)5-9(13(8)20)15(21)22;/h4-5,7H,2-3,6,18H2,1H3,(H,21,22);/t7-;/m0./s1. The van der Waals surface area contributed by atoms with Gasteiger partial charge in [0, 0.05) is 34.1 Å². The van der Waals surface area contributed by atoms with Crippen LogP contribution in [0, 0.1) is 5.82 Å². The van der Waals surface area contributed by atoms with Gasteiger partial charge in [0.25, 0.3) is 0 Å². The molecule has 1 aromatic heterocycles. The van der Waals surface area contributed by atoms with Gasteiger partial charge in [0.05, 0.1) is 22.5 Å². The van der Waals surface area contributed by atoms with E-state index in [1.807, 2.05) is 6.92 Å². The third-order valence-electron chi connectivity index (χ3n) is 4.68. The Kier molecular flexibility index (Phi) is 3.88. The van der Waals surface area contributed by atoms with Crippen molar-refractivity contribution in [3.8, 4) is 5.75 Å².